The van der Waals surface area contributed by atoms with Gasteiger partial charge in [-0.1, -0.05) is 19.9 Å². The highest BCUT2D eigenvalue weighted by Gasteiger charge is 2.26. The lowest BCUT2D eigenvalue weighted by atomic mass is 10.0. The highest BCUT2D eigenvalue weighted by atomic mass is 32.1. The van der Waals surface area contributed by atoms with Crippen LogP contribution in [0, 0.1) is 5.92 Å². The van der Waals surface area contributed by atoms with Crippen LogP contribution in [0.1, 0.15) is 18.7 Å². The van der Waals surface area contributed by atoms with Crippen LogP contribution in [0.25, 0.3) is 0 Å². The minimum Gasteiger partial charge on any atom is -0.339 e. The Bertz CT molecular complexity index is 397. The molecule has 4 nitrogen and oxygen atoms in total. The molecule has 1 saturated heterocycles. The number of nitrogens with two attached hydrogens (primary N) is 1. The van der Waals surface area contributed by atoms with E-state index >= 15 is 0 Å². The molecule has 1 aliphatic rings. The zero-order valence-electron chi connectivity index (χ0n) is 11.7. The van der Waals surface area contributed by atoms with Crippen molar-refractivity contribution in [2.75, 3.05) is 26.2 Å². The molecule has 1 aromatic rings. The third-order valence-electron chi connectivity index (χ3n) is 3.65. The van der Waals surface area contributed by atoms with E-state index in [2.05, 4.69) is 22.4 Å². The summed E-state index contributed by atoms with van der Waals surface area (Å²) in [6.45, 7) is 8.46. The van der Waals surface area contributed by atoms with Crippen molar-refractivity contribution in [1.82, 2.24) is 9.80 Å². The summed E-state index contributed by atoms with van der Waals surface area (Å²) >= 11 is 1.79. The highest BCUT2D eigenvalue weighted by molar-refractivity contribution is 7.09. The van der Waals surface area contributed by atoms with Crippen LogP contribution in [0.15, 0.2) is 17.5 Å². The zero-order chi connectivity index (χ0) is 13.8. The summed E-state index contributed by atoms with van der Waals surface area (Å²) in [5, 5.41) is 2.11. The van der Waals surface area contributed by atoms with Crippen LogP contribution in [-0.4, -0.2) is 47.9 Å². The summed E-state index contributed by atoms with van der Waals surface area (Å²) in [6.07, 6.45) is 0. The molecule has 1 amide bonds. The molecule has 0 bridgehead atoms. The first-order chi connectivity index (χ1) is 9.08. The molecule has 0 saturated carbocycles. The molecular weight excluding hydrogens is 258 g/mol. The molecule has 0 spiro atoms. The van der Waals surface area contributed by atoms with Gasteiger partial charge in [-0.3, -0.25) is 9.69 Å². The fourth-order valence-corrected chi connectivity index (χ4v) is 2.99. The first kappa shape index (κ1) is 14.5. The van der Waals surface area contributed by atoms with Crippen LogP contribution < -0.4 is 5.73 Å². The van der Waals surface area contributed by atoms with E-state index in [4.69, 9.17) is 5.73 Å². The van der Waals surface area contributed by atoms with E-state index in [0.717, 1.165) is 32.7 Å². The van der Waals surface area contributed by atoms with Crippen LogP contribution in [0.3, 0.4) is 0 Å². The van der Waals surface area contributed by atoms with Gasteiger partial charge in [-0.15, -0.1) is 11.3 Å². The lowest BCUT2D eigenvalue weighted by molar-refractivity contribution is -0.135. The van der Waals surface area contributed by atoms with Crippen molar-refractivity contribution in [3.05, 3.63) is 22.4 Å². The largest absolute Gasteiger partial charge is 0.339 e. The molecule has 2 N–H and O–H groups in total. The summed E-state index contributed by atoms with van der Waals surface area (Å²) in [6, 6.07) is 3.89. The maximum atomic E-state index is 12.1. The molecule has 5 heteroatoms. The van der Waals surface area contributed by atoms with Crippen LogP contribution >= 0.6 is 11.3 Å². The van der Waals surface area contributed by atoms with Gasteiger partial charge in [0, 0.05) is 37.6 Å². The van der Waals surface area contributed by atoms with Gasteiger partial charge < -0.3 is 10.6 Å². The SMILES string of the molecule is CC(C)C(N)C(=O)N1CCN(Cc2cccs2)CC1. The van der Waals surface area contributed by atoms with Gasteiger partial charge in [0.05, 0.1) is 6.04 Å². The van der Waals surface area contributed by atoms with Crippen LogP contribution in [-0.2, 0) is 11.3 Å². The maximum absolute atomic E-state index is 12.1. The molecule has 0 aromatic carbocycles. The summed E-state index contributed by atoms with van der Waals surface area (Å²) in [5.74, 6) is 0.308. The number of thiophene rings is 1. The molecule has 106 valence electrons. The van der Waals surface area contributed by atoms with E-state index in [1.807, 2.05) is 18.7 Å². The molecule has 2 heterocycles. The van der Waals surface area contributed by atoms with Gasteiger partial charge in [0.25, 0.3) is 0 Å². The summed E-state index contributed by atoms with van der Waals surface area (Å²) in [5.41, 5.74) is 5.93. The molecule has 0 aliphatic carbocycles. The monoisotopic (exact) mass is 281 g/mol. The van der Waals surface area contributed by atoms with E-state index in [1.165, 1.54) is 4.88 Å². The second kappa shape index (κ2) is 6.50. The van der Waals surface area contributed by atoms with Crippen molar-refractivity contribution < 1.29 is 4.79 Å². The van der Waals surface area contributed by atoms with E-state index in [-0.39, 0.29) is 17.9 Å². The number of carbonyl (C=O) groups excluding carboxylic acids is 1. The predicted molar refractivity (Wildman–Crippen MR) is 79.0 cm³/mol. The molecule has 1 aromatic heterocycles. The molecule has 0 radical (unpaired) electrons. The molecule has 2 rings (SSSR count). The van der Waals surface area contributed by atoms with Gasteiger partial charge in [-0.05, 0) is 17.4 Å². The topological polar surface area (TPSA) is 49.6 Å². The van der Waals surface area contributed by atoms with Crippen LogP contribution in [0.4, 0.5) is 0 Å². The number of piperazine rings is 1. The highest BCUT2D eigenvalue weighted by Crippen LogP contribution is 2.14. The summed E-state index contributed by atoms with van der Waals surface area (Å²) in [4.78, 5) is 17.8. The Morgan fingerprint density at radius 1 is 1.37 bits per heavy atom. The van der Waals surface area contributed by atoms with Crippen LogP contribution in [0.2, 0.25) is 0 Å². The number of rotatable bonds is 4. The Labute approximate surface area is 119 Å². The van der Waals surface area contributed by atoms with Gasteiger partial charge in [0.1, 0.15) is 0 Å². The fraction of sp³-hybridized carbons (Fsp3) is 0.643. The quantitative estimate of drug-likeness (QED) is 0.907. The number of nitrogens with zero attached hydrogens (tertiary/aromatic N) is 2. The Morgan fingerprint density at radius 3 is 2.58 bits per heavy atom. The normalized spacial score (nSPS) is 18.8. The fourth-order valence-electron chi connectivity index (χ4n) is 2.25. The number of carbonyl (C=O) groups is 1. The number of hydrogen-bond donors (Lipinski definition) is 1. The summed E-state index contributed by atoms with van der Waals surface area (Å²) < 4.78 is 0. The molecule has 1 aliphatic heterocycles. The van der Waals surface area contributed by atoms with Gasteiger partial charge in [-0.25, -0.2) is 0 Å². The van der Waals surface area contributed by atoms with Crippen molar-refractivity contribution in [2.45, 2.75) is 26.4 Å². The second-order valence-corrected chi connectivity index (χ2v) is 6.48. The van der Waals surface area contributed by atoms with Crippen molar-refractivity contribution in [1.29, 1.82) is 0 Å². The second-order valence-electron chi connectivity index (χ2n) is 5.45. The van der Waals surface area contributed by atoms with E-state index < -0.39 is 0 Å². The first-order valence-electron chi connectivity index (χ1n) is 6.87. The average Bonchev–Trinajstić information content (AvgIpc) is 2.90. The van der Waals surface area contributed by atoms with Crippen molar-refractivity contribution >= 4 is 17.2 Å². The molecule has 19 heavy (non-hydrogen) atoms. The van der Waals surface area contributed by atoms with Crippen molar-refractivity contribution in [2.24, 2.45) is 11.7 Å². The third-order valence-corrected chi connectivity index (χ3v) is 4.51. The van der Waals surface area contributed by atoms with Crippen molar-refractivity contribution in [3.8, 4) is 0 Å². The standard InChI is InChI=1S/C14H23N3OS/c1-11(2)13(15)14(18)17-7-5-16(6-8-17)10-12-4-3-9-19-12/h3-4,9,11,13H,5-8,10,15H2,1-2H3. The Hall–Kier alpha value is -0.910. The van der Waals surface area contributed by atoms with Crippen LogP contribution in [0.5, 0.6) is 0 Å². The smallest absolute Gasteiger partial charge is 0.239 e. The Kier molecular flexibility index (Phi) is 4.96. The van der Waals surface area contributed by atoms with Gasteiger partial charge in [0.2, 0.25) is 5.91 Å². The van der Waals surface area contributed by atoms with Gasteiger partial charge >= 0.3 is 0 Å². The van der Waals surface area contributed by atoms with Gasteiger partial charge in [-0.2, -0.15) is 0 Å². The summed E-state index contributed by atoms with van der Waals surface area (Å²) in [7, 11) is 0. The zero-order valence-corrected chi connectivity index (χ0v) is 12.5. The maximum Gasteiger partial charge on any atom is 0.239 e. The molecular formula is C14H23N3OS. The van der Waals surface area contributed by atoms with Crippen molar-refractivity contribution in [3.63, 3.8) is 0 Å². The number of amides is 1. The Morgan fingerprint density at radius 2 is 2.05 bits per heavy atom. The molecule has 1 unspecified atom stereocenters. The lowest BCUT2D eigenvalue weighted by Gasteiger charge is -2.36. The minimum absolute atomic E-state index is 0.103. The van der Waals surface area contributed by atoms with E-state index in [9.17, 15) is 4.79 Å². The Balaban J connectivity index is 1.80. The first-order valence-corrected chi connectivity index (χ1v) is 7.75. The van der Waals surface area contributed by atoms with E-state index in [0.29, 0.717) is 0 Å². The molecule has 1 fully saturated rings. The predicted octanol–water partition coefficient (Wildman–Crippen LogP) is 1.38. The molecule has 1 atom stereocenters. The minimum atomic E-state index is -0.358. The lowest BCUT2D eigenvalue weighted by Crippen LogP contribution is -2.54. The number of hydrogen-bond acceptors (Lipinski definition) is 4. The third kappa shape index (κ3) is 3.78. The van der Waals surface area contributed by atoms with E-state index in [1.54, 1.807) is 11.3 Å². The van der Waals surface area contributed by atoms with Gasteiger partial charge in [0.15, 0.2) is 0 Å². The average molecular weight is 281 g/mol.